The van der Waals surface area contributed by atoms with Crippen molar-refractivity contribution in [2.45, 2.75) is 52.1 Å². The number of unbranched alkanes of at least 4 members (excludes halogenated alkanes) is 1. The van der Waals surface area contributed by atoms with Crippen LogP contribution in [0.25, 0.3) is 0 Å². The third-order valence-electron chi connectivity index (χ3n) is 4.36. The summed E-state index contributed by atoms with van der Waals surface area (Å²) in [5.41, 5.74) is 0.489. The van der Waals surface area contributed by atoms with E-state index in [0.29, 0.717) is 24.8 Å². The lowest BCUT2D eigenvalue weighted by molar-refractivity contribution is -0.117. The number of hydrogen-bond acceptors (Lipinski definition) is 4. The molecule has 0 bridgehead atoms. The van der Waals surface area contributed by atoms with Gasteiger partial charge in [0.15, 0.2) is 5.78 Å². The van der Waals surface area contributed by atoms with Crippen molar-refractivity contribution >= 4 is 5.78 Å². The molecule has 4 nitrogen and oxygen atoms in total. The number of allylic oxidation sites excluding steroid dienone is 1. The zero-order valence-electron chi connectivity index (χ0n) is 13.3. The number of rotatable bonds is 5. The minimum Gasteiger partial charge on any atom is -0.396 e. The SMILES string of the molecule is CC.CC1=C[C@@H]2[C@H](CC1=O)C(CO)=CC2(O)CCCCO. The Labute approximate surface area is 127 Å². The van der Waals surface area contributed by atoms with Crippen LogP contribution >= 0.6 is 0 Å². The molecule has 0 spiro atoms. The van der Waals surface area contributed by atoms with Crippen molar-refractivity contribution in [2.75, 3.05) is 13.2 Å². The third-order valence-corrected chi connectivity index (χ3v) is 4.36. The zero-order chi connectivity index (χ0) is 16.0. The normalized spacial score (nSPS) is 31.0. The smallest absolute Gasteiger partial charge is 0.158 e. The van der Waals surface area contributed by atoms with Gasteiger partial charge in [-0.1, -0.05) is 26.0 Å². The number of aliphatic hydroxyl groups excluding tert-OH is 2. The highest BCUT2D eigenvalue weighted by Crippen LogP contribution is 2.47. The van der Waals surface area contributed by atoms with E-state index in [1.54, 1.807) is 13.0 Å². The lowest BCUT2D eigenvalue weighted by Crippen LogP contribution is -2.37. The van der Waals surface area contributed by atoms with Gasteiger partial charge < -0.3 is 15.3 Å². The first-order valence-corrected chi connectivity index (χ1v) is 7.89. The van der Waals surface area contributed by atoms with Crippen LogP contribution in [0.2, 0.25) is 0 Å². The molecule has 21 heavy (non-hydrogen) atoms. The molecular formula is C17H28O4. The monoisotopic (exact) mass is 296 g/mol. The lowest BCUT2D eigenvalue weighted by Gasteiger charge is -2.34. The van der Waals surface area contributed by atoms with Crippen LogP contribution < -0.4 is 0 Å². The molecule has 0 aromatic rings. The standard InChI is InChI=1S/C15H22O4.C2H6/c1-10-6-13-12(7-14(10)18)11(9-17)8-15(13,19)4-2-3-5-16;1-2/h6,8,12-13,16-17,19H,2-5,7,9H2,1H3;1-2H3/t12-,13-,15?;/m1./s1. The largest absolute Gasteiger partial charge is 0.396 e. The molecule has 0 saturated heterocycles. The second-order valence-corrected chi connectivity index (χ2v) is 5.66. The molecule has 2 aliphatic rings. The Morgan fingerprint density at radius 3 is 2.52 bits per heavy atom. The summed E-state index contributed by atoms with van der Waals surface area (Å²) in [6.45, 7) is 5.79. The summed E-state index contributed by atoms with van der Waals surface area (Å²) < 4.78 is 0. The Kier molecular flexibility index (Phi) is 6.78. The van der Waals surface area contributed by atoms with E-state index in [2.05, 4.69) is 0 Å². The summed E-state index contributed by atoms with van der Waals surface area (Å²) in [4.78, 5) is 11.8. The number of carbonyl (C=O) groups is 1. The molecule has 0 heterocycles. The van der Waals surface area contributed by atoms with E-state index in [4.69, 9.17) is 5.11 Å². The van der Waals surface area contributed by atoms with Crippen LogP contribution in [0.3, 0.4) is 0 Å². The number of aliphatic hydroxyl groups is 3. The van der Waals surface area contributed by atoms with Crippen LogP contribution in [0.15, 0.2) is 23.3 Å². The molecule has 0 aromatic heterocycles. The summed E-state index contributed by atoms with van der Waals surface area (Å²) in [6.07, 6.45) is 5.91. The number of ketones is 1. The Balaban J connectivity index is 0.00000106. The molecule has 0 radical (unpaired) electrons. The molecule has 3 atom stereocenters. The van der Waals surface area contributed by atoms with Gasteiger partial charge in [-0.25, -0.2) is 0 Å². The Morgan fingerprint density at radius 2 is 1.95 bits per heavy atom. The first-order chi connectivity index (χ1) is 10.0. The zero-order valence-corrected chi connectivity index (χ0v) is 13.3. The van der Waals surface area contributed by atoms with Crippen molar-refractivity contribution in [3.63, 3.8) is 0 Å². The summed E-state index contributed by atoms with van der Waals surface area (Å²) in [5.74, 6) is -0.0911. The minimum atomic E-state index is -0.986. The summed E-state index contributed by atoms with van der Waals surface area (Å²) in [7, 11) is 0. The maximum Gasteiger partial charge on any atom is 0.158 e. The highest BCUT2D eigenvalue weighted by molar-refractivity contribution is 5.96. The number of fused-ring (bicyclic) bond motifs is 1. The molecule has 2 aliphatic carbocycles. The van der Waals surface area contributed by atoms with Gasteiger partial charge in [0.1, 0.15) is 0 Å². The van der Waals surface area contributed by atoms with Crippen molar-refractivity contribution < 1.29 is 20.1 Å². The van der Waals surface area contributed by atoms with Gasteiger partial charge in [0.05, 0.1) is 12.2 Å². The van der Waals surface area contributed by atoms with Crippen molar-refractivity contribution in [2.24, 2.45) is 11.8 Å². The van der Waals surface area contributed by atoms with Crippen LogP contribution in [0.4, 0.5) is 0 Å². The number of carbonyl (C=O) groups excluding carboxylic acids is 1. The summed E-state index contributed by atoms with van der Waals surface area (Å²) in [6, 6.07) is 0. The van der Waals surface area contributed by atoms with Crippen LogP contribution in [0.1, 0.15) is 46.5 Å². The summed E-state index contributed by atoms with van der Waals surface area (Å²) in [5, 5.41) is 29.0. The van der Waals surface area contributed by atoms with Gasteiger partial charge in [0.25, 0.3) is 0 Å². The molecule has 2 rings (SSSR count). The summed E-state index contributed by atoms with van der Waals surface area (Å²) >= 11 is 0. The van der Waals surface area contributed by atoms with Crippen molar-refractivity contribution in [3.05, 3.63) is 23.3 Å². The van der Waals surface area contributed by atoms with Crippen molar-refractivity contribution in [3.8, 4) is 0 Å². The average molecular weight is 296 g/mol. The minimum absolute atomic E-state index is 0.0691. The van der Waals surface area contributed by atoms with Gasteiger partial charge in [0, 0.05) is 18.9 Å². The second-order valence-electron chi connectivity index (χ2n) is 5.66. The predicted octanol–water partition coefficient (Wildman–Crippen LogP) is 1.99. The maximum atomic E-state index is 11.8. The fraction of sp³-hybridized carbons (Fsp3) is 0.706. The van der Waals surface area contributed by atoms with Gasteiger partial charge >= 0.3 is 0 Å². The van der Waals surface area contributed by atoms with E-state index >= 15 is 0 Å². The van der Waals surface area contributed by atoms with E-state index in [1.807, 2.05) is 19.9 Å². The molecule has 0 aliphatic heterocycles. The van der Waals surface area contributed by atoms with Gasteiger partial charge in [-0.2, -0.15) is 0 Å². The molecule has 1 unspecified atom stereocenters. The quantitative estimate of drug-likeness (QED) is 0.535. The van der Waals surface area contributed by atoms with E-state index < -0.39 is 5.60 Å². The third kappa shape index (κ3) is 3.82. The van der Waals surface area contributed by atoms with E-state index in [0.717, 1.165) is 12.0 Å². The number of Topliss-reactive ketones (excluding diaryl/α,β-unsaturated/α-hetero) is 1. The molecule has 0 aromatic carbocycles. The van der Waals surface area contributed by atoms with Crippen molar-refractivity contribution in [1.82, 2.24) is 0 Å². The van der Waals surface area contributed by atoms with E-state index in [-0.39, 0.29) is 30.8 Å². The van der Waals surface area contributed by atoms with Crippen LogP contribution in [0, 0.1) is 11.8 Å². The van der Waals surface area contributed by atoms with Crippen LogP contribution in [0.5, 0.6) is 0 Å². The van der Waals surface area contributed by atoms with Gasteiger partial charge in [0.2, 0.25) is 0 Å². The van der Waals surface area contributed by atoms with Crippen LogP contribution in [-0.2, 0) is 4.79 Å². The molecule has 3 N–H and O–H groups in total. The second kappa shape index (κ2) is 7.87. The molecule has 4 heteroatoms. The molecular weight excluding hydrogens is 268 g/mol. The Bertz CT molecular complexity index is 425. The first-order valence-electron chi connectivity index (χ1n) is 7.89. The van der Waals surface area contributed by atoms with Gasteiger partial charge in [-0.05, 0) is 43.3 Å². The highest BCUT2D eigenvalue weighted by atomic mass is 16.3. The number of hydrogen-bond donors (Lipinski definition) is 3. The fourth-order valence-corrected chi connectivity index (χ4v) is 3.27. The fourth-order valence-electron chi connectivity index (χ4n) is 3.27. The molecule has 0 saturated carbocycles. The van der Waals surface area contributed by atoms with Crippen LogP contribution in [-0.4, -0.2) is 39.9 Å². The Hall–Kier alpha value is -0.970. The average Bonchev–Trinajstić information content (AvgIpc) is 2.75. The van der Waals surface area contributed by atoms with E-state index in [9.17, 15) is 15.0 Å². The van der Waals surface area contributed by atoms with Gasteiger partial charge in [-0.3, -0.25) is 4.79 Å². The van der Waals surface area contributed by atoms with Crippen molar-refractivity contribution in [1.29, 1.82) is 0 Å². The first kappa shape index (κ1) is 18.1. The molecule has 0 fully saturated rings. The maximum absolute atomic E-state index is 11.8. The molecule has 0 amide bonds. The van der Waals surface area contributed by atoms with E-state index in [1.165, 1.54) is 0 Å². The lowest BCUT2D eigenvalue weighted by atomic mass is 9.73. The highest BCUT2D eigenvalue weighted by Gasteiger charge is 2.47. The predicted molar refractivity (Wildman–Crippen MR) is 82.8 cm³/mol. The van der Waals surface area contributed by atoms with Gasteiger partial charge in [-0.15, -0.1) is 0 Å². The Morgan fingerprint density at radius 1 is 1.29 bits per heavy atom. The molecule has 120 valence electrons. The topological polar surface area (TPSA) is 77.8 Å².